The lowest BCUT2D eigenvalue weighted by Gasteiger charge is -2.11. The maximum atomic E-state index is 11.5. The van der Waals surface area contributed by atoms with Gasteiger partial charge in [-0.3, -0.25) is 20.4 Å². The molecule has 1 atom stereocenters. The number of carboxylic acids is 1. The van der Waals surface area contributed by atoms with Gasteiger partial charge in [0.15, 0.2) is 6.10 Å². The van der Waals surface area contributed by atoms with E-state index in [4.69, 9.17) is 5.11 Å². The molecule has 1 aromatic carbocycles. The summed E-state index contributed by atoms with van der Waals surface area (Å²) in [6.45, 7) is 0. The number of carbonyl (C=O) groups excluding carboxylic acids is 2. The van der Waals surface area contributed by atoms with Crippen LogP contribution >= 0.6 is 0 Å². The summed E-state index contributed by atoms with van der Waals surface area (Å²) in [5, 5.41) is 17.9. The van der Waals surface area contributed by atoms with Gasteiger partial charge in [0, 0.05) is 12.2 Å². The third-order valence-corrected chi connectivity index (χ3v) is 2.05. The van der Waals surface area contributed by atoms with Crippen molar-refractivity contribution in [1.29, 1.82) is 0 Å². The maximum Gasteiger partial charge on any atom is 0.328 e. The lowest BCUT2D eigenvalue weighted by atomic mass is 10.1. The van der Waals surface area contributed by atoms with Crippen LogP contribution in [0.4, 0.5) is 0 Å². The minimum atomic E-state index is -1.43. The number of aliphatic hydroxyl groups excluding tert-OH is 1. The molecule has 0 heterocycles. The van der Waals surface area contributed by atoms with Crippen LogP contribution < -0.4 is 10.9 Å². The highest BCUT2D eigenvalue weighted by atomic mass is 16.4. The number of hydrogen-bond acceptors (Lipinski definition) is 4. The topological polar surface area (TPSA) is 116 Å². The number of aliphatic carboxylic acids is 1. The molecule has 0 bridgehead atoms. The highest BCUT2D eigenvalue weighted by Gasteiger charge is 2.16. The number of hydrogen-bond donors (Lipinski definition) is 4. The molecule has 0 radical (unpaired) electrons. The Balaban J connectivity index is 2.48. The van der Waals surface area contributed by atoms with E-state index in [1.54, 1.807) is 30.3 Å². The number of amides is 2. The van der Waals surface area contributed by atoms with Crippen molar-refractivity contribution in [2.24, 2.45) is 0 Å². The van der Waals surface area contributed by atoms with Crippen LogP contribution in [0.15, 0.2) is 42.5 Å². The van der Waals surface area contributed by atoms with Crippen molar-refractivity contribution in [1.82, 2.24) is 10.9 Å². The Bertz CT molecular complexity index is 498. The fourth-order valence-corrected chi connectivity index (χ4v) is 1.17. The number of aliphatic hydroxyl groups is 1. The molecule has 0 spiro atoms. The van der Waals surface area contributed by atoms with Crippen LogP contribution in [0.5, 0.6) is 0 Å². The van der Waals surface area contributed by atoms with E-state index in [0.717, 1.165) is 6.08 Å². The molecule has 7 nitrogen and oxygen atoms in total. The van der Waals surface area contributed by atoms with Crippen molar-refractivity contribution in [3.05, 3.63) is 48.0 Å². The molecule has 100 valence electrons. The van der Waals surface area contributed by atoms with Gasteiger partial charge in [0.05, 0.1) is 0 Å². The summed E-state index contributed by atoms with van der Waals surface area (Å²) in [4.78, 5) is 32.7. The molecule has 7 heteroatoms. The maximum absolute atomic E-state index is 11.5. The monoisotopic (exact) mass is 264 g/mol. The Labute approximate surface area is 108 Å². The Morgan fingerprint density at radius 1 is 1.05 bits per heavy atom. The van der Waals surface area contributed by atoms with Crippen molar-refractivity contribution in [2.75, 3.05) is 0 Å². The summed E-state index contributed by atoms with van der Waals surface area (Å²) in [5.41, 5.74) is 4.28. The minimum absolute atomic E-state index is 0.371. The third kappa shape index (κ3) is 5.00. The van der Waals surface area contributed by atoms with E-state index in [9.17, 15) is 19.5 Å². The Morgan fingerprint density at radius 2 is 1.68 bits per heavy atom. The van der Waals surface area contributed by atoms with E-state index in [0.29, 0.717) is 11.6 Å². The quantitative estimate of drug-likeness (QED) is 0.432. The standard InChI is InChI=1S/C12H12N2O5/c15-9(6-7-10(16)17)13-14-12(19)11(18)8-4-2-1-3-5-8/h1-7,11,18H,(H,13,15)(H,14,19)(H,16,17)/b7-6+. The zero-order valence-corrected chi connectivity index (χ0v) is 9.74. The van der Waals surface area contributed by atoms with Crippen LogP contribution in [0.3, 0.4) is 0 Å². The van der Waals surface area contributed by atoms with Crippen molar-refractivity contribution < 1.29 is 24.6 Å². The van der Waals surface area contributed by atoms with E-state index < -0.39 is 23.9 Å². The summed E-state index contributed by atoms with van der Waals surface area (Å²) in [6.07, 6.45) is -0.0722. The number of nitrogens with one attached hydrogen (secondary N) is 2. The van der Waals surface area contributed by atoms with Crippen LogP contribution in [0, 0.1) is 0 Å². The van der Waals surface area contributed by atoms with Gasteiger partial charge in [-0.25, -0.2) is 4.79 Å². The lowest BCUT2D eigenvalue weighted by Crippen LogP contribution is -2.43. The number of carboxylic acid groups (broad SMARTS) is 1. The predicted molar refractivity (Wildman–Crippen MR) is 64.5 cm³/mol. The van der Waals surface area contributed by atoms with Gasteiger partial charge in [0.1, 0.15) is 0 Å². The average molecular weight is 264 g/mol. The molecule has 0 saturated heterocycles. The molecule has 4 N–H and O–H groups in total. The van der Waals surface area contributed by atoms with Crippen molar-refractivity contribution in [3.8, 4) is 0 Å². The summed E-state index contributed by atoms with van der Waals surface area (Å²) in [6, 6.07) is 8.14. The number of rotatable bonds is 4. The molecule has 1 unspecified atom stereocenters. The largest absolute Gasteiger partial charge is 0.478 e. The number of benzene rings is 1. The number of carbonyl (C=O) groups is 3. The summed E-state index contributed by atoms with van der Waals surface area (Å²) in [7, 11) is 0. The van der Waals surface area contributed by atoms with Gasteiger partial charge in [-0.15, -0.1) is 0 Å². The highest BCUT2D eigenvalue weighted by Crippen LogP contribution is 2.11. The molecule has 0 saturated carbocycles. The lowest BCUT2D eigenvalue weighted by molar-refractivity contribution is -0.133. The molecule has 0 aliphatic heterocycles. The van der Waals surface area contributed by atoms with Gasteiger partial charge >= 0.3 is 5.97 Å². The zero-order chi connectivity index (χ0) is 14.3. The molecular weight excluding hydrogens is 252 g/mol. The molecule has 0 aromatic heterocycles. The Kier molecular flexibility index (Phi) is 5.24. The highest BCUT2D eigenvalue weighted by molar-refractivity contribution is 5.95. The smallest absolute Gasteiger partial charge is 0.328 e. The molecule has 1 aromatic rings. The van der Waals surface area contributed by atoms with Crippen LogP contribution in [-0.2, 0) is 14.4 Å². The van der Waals surface area contributed by atoms with E-state index in [-0.39, 0.29) is 0 Å². The first kappa shape index (κ1) is 14.4. The fraction of sp³-hybridized carbons (Fsp3) is 0.0833. The molecule has 0 aliphatic carbocycles. The molecule has 1 rings (SSSR count). The first-order valence-electron chi connectivity index (χ1n) is 5.24. The fourth-order valence-electron chi connectivity index (χ4n) is 1.17. The van der Waals surface area contributed by atoms with Gasteiger partial charge < -0.3 is 10.2 Å². The van der Waals surface area contributed by atoms with Crippen molar-refractivity contribution in [3.63, 3.8) is 0 Å². The summed E-state index contributed by atoms with van der Waals surface area (Å²) < 4.78 is 0. The predicted octanol–water partition coefficient (Wildman–Crippen LogP) is -0.492. The van der Waals surface area contributed by atoms with Crippen LogP contribution in [-0.4, -0.2) is 28.0 Å². The summed E-state index contributed by atoms with van der Waals surface area (Å²) in [5.74, 6) is -2.94. The Morgan fingerprint density at radius 3 is 2.26 bits per heavy atom. The second-order valence-electron chi connectivity index (χ2n) is 3.46. The zero-order valence-electron chi connectivity index (χ0n) is 9.74. The number of hydrazine groups is 1. The molecule has 2 amide bonds. The molecule has 19 heavy (non-hydrogen) atoms. The van der Waals surface area contributed by atoms with Crippen LogP contribution in [0.25, 0.3) is 0 Å². The first-order chi connectivity index (χ1) is 9.00. The second kappa shape index (κ2) is 6.92. The van der Waals surface area contributed by atoms with E-state index in [1.165, 1.54) is 0 Å². The minimum Gasteiger partial charge on any atom is -0.478 e. The van der Waals surface area contributed by atoms with Gasteiger partial charge in [0.2, 0.25) is 0 Å². The molecule has 0 aliphatic rings. The normalized spacial score (nSPS) is 11.8. The van der Waals surface area contributed by atoms with Crippen LogP contribution in [0.1, 0.15) is 11.7 Å². The van der Waals surface area contributed by atoms with Gasteiger partial charge in [-0.2, -0.15) is 0 Å². The van der Waals surface area contributed by atoms with E-state index >= 15 is 0 Å². The summed E-state index contributed by atoms with van der Waals surface area (Å²) >= 11 is 0. The van der Waals surface area contributed by atoms with Crippen LogP contribution in [0.2, 0.25) is 0 Å². The van der Waals surface area contributed by atoms with Gasteiger partial charge in [-0.1, -0.05) is 30.3 Å². The van der Waals surface area contributed by atoms with E-state index in [2.05, 4.69) is 0 Å². The van der Waals surface area contributed by atoms with Crippen molar-refractivity contribution in [2.45, 2.75) is 6.10 Å². The second-order valence-corrected chi connectivity index (χ2v) is 3.46. The van der Waals surface area contributed by atoms with E-state index in [1.807, 2.05) is 10.9 Å². The molecule has 0 fully saturated rings. The van der Waals surface area contributed by atoms with Gasteiger partial charge in [-0.05, 0) is 5.56 Å². The van der Waals surface area contributed by atoms with Crippen molar-refractivity contribution >= 4 is 17.8 Å². The van der Waals surface area contributed by atoms with Gasteiger partial charge in [0.25, 0.3) is 11.8 Å². The SMILES string of the molecule is O=C(O)/C=C/C(=O)NNC(=O)C(O)c1ccccc1. The third-order valence-electron chi connectivity index (χ3n) is 2.05. The Hall–Kier alpha value is -2.67. The average Bonchev–Trinajstić information content (AvgIpc) is 2.42. The molecular formula is C12H12N2O5. The first-order valence-corrected chi connectivity index (χ1v) is 5.24.